The van der Waals surface area contributed by atoms with Crippen LogP contribution in [-0.4, -0.2) is 59.5 Å². The van der Waals surface area contributed by atoms with Crippen LogP contribution in [0, 0.1) is 6.92 Å². The smallest absolute Gasteiger partial charge is 0.266 e. The number of piperazine rings is 1. The summed E-state index contributed by atoms with van der Waals surface area (Å²) in [6.45, 7) is 9.68. The summed E-state index contributed by atoms with van der Waals surface area (Å²) >= 11 is 0. The second kappa shape index (κ2) is 8.71. The lowest BCUT2D eigenvalue weighted by atomic mass is 10.1. The number of rotatable bonds is 7. The molecule has 27 heavy (non-hydrogen) atoms. The Labute approximate surface area is 160 Å². The first-order valence-electron chi connectivity index (χ1n) is 9.58. The Morgan fingerprint density at radius 2 is 2.15 bits per heavy atom. The van der Waals surface area contributed by atoms with Gasteiger partial charge in [-0.25, -0.2) is 0 Å². The molecule has 148 valence electrons. The second-order valence-corrected chi connectivity index (χ2v) is 7.47. The SMILES string of the molecule is COc1ccc(CN2CCN(c3noc(C(C)C)n3)C[C@H]2CCO)cc1C. The van der Waals surface area contributed by atoms with Crippen molar-refractivity contribution < 1.29 is 14.4 Å². The van der Waals surface area contributed by atoms with E-state index in [1.807, 2.05) is 19.9 Å². The van der Waals surface area contributed by atoms with E-state index < -0.39 is 0 Å². The van der Waals surface area contributed by atoms with Crippen LogP contribution in [0.25, 0.3) is 0 Å². The molecule has 1 atom stereocenters. The lowest BCUT2D eigenvalue weighted by Gasteiger charge is -2.41. The molecule has 0 unspecified atom stereocenters. The molecule has 1 aromatic carbocycles. The number of benzene rings is 1. The van der Waals surface area contributed by atoms with Crippen LogP contribution in [0.1, 0.15) is 43.2 Å². The second-order valence-electron chi connectivity index (χ2n) is 7.47. The molecule has 1 aliphatic rings. The Bertz CT molecular complexity index is 747. The molecule has 0 spiro atoms. The highest BCUT2D eigenvalue weighted by atomic mass is 16.5. The van der Waals surface area contributed by atoms with Crippen LogP contribution >= 0.6 is 0 Å². The van der Waals surface area contributed by atoms with E-state index in [4.69, 9.17) is 9.26 Å². The van der Waals surface area contributed by atoms with Crippen molar-refractivity contribution >= 4 is 5.95 Å². The molecule has 7 heteroatoms. The number of hydrogen-bond donors (Lipinski definition) is 1. The predicted molar refractivity (Wildman–Crippen MR) is 104 cm³/mol. The number of nitrogens with zero attached hydrogens (tertiary/aromatic N) is 4. The van der Waals surface area contributed by atoms with Gasteiger partial charge in [0.1, 0.15) is 5.75 Å². The molecule has 3 rings (SSSR count). The maximum atomic E-state index is 9.54. The van der Waals surface area contributed by atoms with Crippen LogP contribution in [0.3, 0.4) is 0 Å². The van der Waals surface area contributed by atoms with E-state index in [0.717, 1.165) is 43.9 Å². The molecular formula is C20H30N4O3. The monoisotopic (exact) mass is 374 g/mol. The van der Waals surface area contributed by atoms with Crippen LogP contribution in [0.2, 0.25) is 0 Å². The number of aliphatic hydroxyl groups is 1. The van der Waals surface area contributed by atoms with Crippen molar-refractivity contribution in [3.63, 3.8) is 0 Å². The summed E-state index contributed by atoms with van der Waals surface area (Å²) < 4.78 is 10.7. The van der Waals surface area contributed by atoms with Gasteiger partial charge in [-0.05, 0) is 35.7 Å². The van der Waals surface area contributed by atoms with E-state index in [1.54, 1.807) is 7.11 Å². The highest BCUT2D eigenvalue weighted by Gasteiger charge is 2.29. The van der Waals surface area contributed by atoms with Gasteiger partial charge in [-0.3, -0.25) is 4.90 Å². The predicted octanol–water partition coefficient (Wildman–Crippen LogP) is 2.58. The number of ether oxygens (including phenoxy) is 1. The lowest BCUT2D eigenvalue weighted by molar-refractivity contribution is 0.134. The Kier molecular flexibility index (Phi) is 6.34. The summed E-state index contributed by atoms with van der Waals surface area (Å²) in [5.41, 5.74) is 2.40. The largest absolute Gasteiger partial charge is 0.496 e. The van der Waals surface area contributed by atoms with Crippen LogP contribution < -0.4 is 9.64 Å². The van der Waals surface area contributed by atoms with E-state index in [-0.39, 0.29) is 18.6 Å². The van der Waals surface area contributed by atoms with Gasteiger partial charge in [0.15, 0.2) is 0 Å². The minimum atomic E-state index is 0.167. The minimum Gasteiger partial charge on any atom is -0.496 e. The highest BCUT2D eigenvalue weighted by Crippen LogP contribution is 2.24. The van der Waals surface area contributed by atoms with Crippen LogP contribution in [0.4, 0.5) is 5.95 Å². The summed E-state index contributed by atoms with van der Waals surface area (Å²) in [5.74, 6) is 2.45. The fraction of sp³-hybridized carbons (Fsp3) is 0.600. The van der Waals surface area contributed by atoms with Crippen LogP contribution in [-0.2, 0) is 6.54 Å². The Balaban J connectivity index is 1.69. The molecule has 2 aromatic rings. The van der Waals surface area contributed by atoms with Gasteiger partial charge in [0.2, 0.25) is 5.89 Å². The third kappa shape index (κ3) is 4.59. The average molecular weight is 374 g/mol. The zero-order valence-corrected chi connectivity index (χ0v) is 16.7. The zero-order valence-electron chi connectivity index (χ0n) is 16.7. The molecular weight excluding hydrogens is 344 g/mol. The molecule has 0 amide bonds. The maximum Gasteiger partial charge on any atom is 0.266 e. The molecule has 1 saturated heterocycles. The van der Waals surface area contributed by atoms with Gasteiger partial charge in [-0.1, -0.05) is 26.0 Å². The fourth-order valence-electron chi connectivity index (χ4n) is 3.57. The summed E-state index contributed by atoms with van der Waals surface area (Å²) in [6.07, 6.45) is 0.723. The minimum absolute atomic E-state index is 0.167. The van der Waals surface area contributed by atoms with Gasteiger partial charge in [-0.15, -0.1) is 0 Å². The lowest BCUT2D eigenvalue weighted by Crippen LogP contribution is -2.53. The third-order valence-corrected chi connectivity index (χ3v) is 5.12. The highest BCUT2D eigenvalue weighted by molar-refractivity contribution is 5.36. The van der Waals surface area contributed by atoms with E-state index in [1.165, 1.54) is 5.56 Å². The maximum absolute atomic E-state index is 9.54. The summed E-state index contributed by atoms with van der Waals surface area (Å²) in [4.78, 5) is 9.11. The molecule has 1 fully saturated rings. The summed E-state index contributed by atoms with van der Waals surface area (Å²) in [6, 6.07) is 6.55. The summed E-state index contributed by atoms with van der Waals surface area (Å²) in [7, 11) is 1.70. The Hall–Kier alpha value is -2.12. The molecule has 0 aliphatic carbocycles. The number of anilines is 1. The first-order chi connectivity index (χ1) is 13.0. The van der Waals surface area contributed by atoms with E-state index in [2.05, 4.69) is 39.0 Å². The first kappa shape index (κ1) is 19.6. The van der Waals surface area contributed by atoms with Gasteiger partial charge in [-0.2, -0.15) is 4.98 Å². The molecule has 0 saturated carbocycles. The molecule has 7 nitrogen and oxygen atoms in total. The van der Waals surface area contributed by atoms with Crippen molar-refractivity contribution in [3.8, 4) is 5.75 Å². The standard InChI is InChI=1S/C20H30N4O3/c1-14(2)19-21-20(22-27-19)24-9-8-23(17(13-24)7-10-25)12-16-5-6-18(26-4)15(3)11-16/h5-6,11,14,17,25H,7-10,12-13H2,1-4H3/t17-/m1/s1. The number of aryl methyl sites for hydroxylation is 1. The average Bonchev–Trinajstić information content (AvgIpc) is 3.14. The number of aromatic nitrogens is 2. The van der Waals surface area contributed by atoms with Crippen molar-refractivity contribution in [2.75, 3.05) is 38.3 Å². The first-order valence-corrected chi connectivity index (χ1v) is 9.58. The van der Waals surface area contributed by atoms with Crippen LogP contribution in [0.15, 0.2) is 22.7 Å². The number of aliphatic hydroxyl groups excluding tert-OH is 1. The normalized spacial score (nSPS) is 18.3. The molecule has 1 aromatic heterocycles. The quantitative estimate of drug-likeness (QED) is 0.798. The molecule has 2 heterocycles. The van der Waals surface area contributed by atoms with Crippen molar-refractivity contribution in [3.05, 3.63) is 35.2 Å². The third-order valence-electron chi connectivity index (χ3n) is 5.12. The molecule has 0 radical (unpaired) electrons. The molecule has 1 aliphatic heterocycles. The molecule has 1 N–H and O–H groups in total. The fourth-order valence-corrected chi connectivity index (χ4v) is 3.57. The van der Waals surface area contributed by atoms with E-state index >= 15 is 0 Å². The Morgan fingerprint density at radius 3 is 2.78 bits per heavy atom. The number of hydrogen-bond acceptors (Lipinski definition) is 7. The van der Waals surface area contributed by atoms with Gasteiger partial charge in [0.25, 0.3) is 5.95 Å². The van der Waals surface area contributed by atoms with Gasteiger partial charge < -0.3 is 19.3 Å². The van der Waals surface area contributed by atoms with E-state index in [0.29, 0.717) is 11.8 Å². The Morgan fingerprint density at radius 1 is 1.33 bits per heavy atom. The van der Waals surface area contributed by atoms with Crippen molar-refractivity contribution in [2.24, 2.45) is 0 Å². The van der Waals surface area contributed by atoms with Crippen molar-refractivity contribution in [1.29, 1.82) is 0 Å². The van der Waals surface area contributed by atoms with Crippen LogP contribution in [0.5, 0.6) is 5.75 Å². The topological polar surface area (TPSA) is 74.9 Å². The van der Waals surface area contributed by atoms with Crippen molar-refractivity contribution in [1.82, 2.24) is 15.0 Å². The zero-order chi connectivity index (χ0) is 19.4. The van der Waals surface area contributed by atoms with Gasteiger partial charge in [0.05, 0.1) is 7.11 Å². The van der Waals surface area contributed by atoms with Gasteiger partial charge >= 0.3 is 0 Å². The molecule has 0 bridgehead atoms. The van der Waals surface area contributed by atoms with Crippen molar-refractivity contribution in [2.45, 2.75) is 45.7 Å². The van der Waals surface area contributed by atoms with E-state index in [9.17, 15) is 5.11 Å². The summed E-state index contributed by atoms with van der Waals surface area (Å²) in [5, 5.41) is 13.7. The number of methoxy groups -OCH3 is 1. The van der Waals surface area contributed by atoms with Gasteiger partial charge in [0, 0.05) is 44.7 Å².